The van der Waals surface area contributed by atoms with E-state index in [1.807, 2.05) is 0 Å². The maximum Gasteiger partial charge on any atom is 0.250 e. The average molecular weight is 627 g/mol. The van der Waals surface area contributed by atoms with Crippen LogP contribution in [-0.2, 0) is 14.3 Å². The van der Waals surface area contributed by atoms with E-state index in [1.165, 1.54) is 24.3 Å². The van der Waals surface area contributed by atoms with Gasteiger partial charge in [0, 0.05) is 48.3 Å². The molecular weight excluding hydrogens is 591 g/mol. The quantitative estimate of drug-likeness (QED) is 0.130. The van der Waals surface area contributed by atoms with E-state index in [-0.39, 0.29) is 0 Å². The molecule has 6 rings (SSSR count). The lowest BCUT2D eigenvalue weighted by molar-refractivity contribution is -0.131. The molecule has 1 saturated carbocycles. The third-order valence-corrected chi connectivity index (χ3v) is 8.24. The molecule has 0 spiro atoms. The van der Waals surface area contributed by atoms with Gasteiger partial charge in [0.15, 0.2) is 0 Å². The van der Waals surface area contributed by atoms with Crippen LogP contribution in [0.5, 0.6) is 11.5 Å². The number of benzene rings is 3. The number of aromatic nitrogens is 1. The van der Waals surface area contributed by atoms with Gasteiger partial charge in [-0.2, -0.15) is 0 Å². The first-order valence-electron chi connectivity index (χ1n) is 15.2. The predicted molar refractivity (Wildman–Crippen MR) is 172 cm³/mol. The summed E-state index contributed by atoms with van der Waals surface area (Å²) in [4.78, 5) is 45.1. The van der Waals surface area contributed by atoms with Crippen molar-refractivity contribution in [1.82, 2.24) is 9.88 Å². The molecule has 0 atom stereocenters. The average Bonchev–Trinajstić information content (AvgIpc) is 3.88. The van der Waals surface area contributed by atoms with E-state index in [1.54, 1.807) is 48.7 Å². The number of pyridine rings is 1. The largest absolute Gasteiger partial charge is 0.457 e. The number of halogens is 1. The summed E-state index contributed by atoms with van der Waals surface area (Å²) in [5.74, 6) is -0.839. The fourth-order valence-corrected chi connectivity index (χ4v) is 5.41. The number of carbonyl (C=O) groups excluding carboxylic acids is 3. The first-order valence-corrected chi connectivity index (χ1v) is 15.2. The monoisotopic (exact) mass is 626 g/mol. The van der Waals surface area contributed by atoms with Crippen LogP contribution in [0.3, 0.4) is 0 Å². The second kappa shape index (κ2) is 13.5. The zero-order valence-electron chi connectivity index (χ0n) is 25.2. The van der Waals surface area contributed by atoms with Crippen molar-refractivity contribution in [3.8, 4) is 11.5 Å². The van der Waals surface area contributed by atoms with E-state index >= 15 is 0 Å². The van der Waals surface area contributed by atoms with E-state index in [9.17, 15) is 18.8 Å². The van der Waals surface area contributed by atoms with Gasteiger partial charge in [-0.05, 0) is 92.5 Å². The summed E-state index contributed by atoms with van der Waals surface area (Å²) in [7, 11) is 0. The van der Waals surface area contributed by atoms with Gasteiger partial charge >= 0.3 is 0 Å². The molecule has 11 nitrogen and oxygen atoms in total. The minimum atomic E-state index is -1.17. The second-order valence-electron chi connectivity index (χ2n) is 11.4. The number of nitrogens with one attached hydrogen (secondary N) is 3. The van der Waals surface area contributed by atoms with E-state index < -0.39 is 29.0 Å². The van der Waals surface area contributed by atoms with Gasteiger partial charge in [-0.25, -0.2) is 4.39 Å². The smallest absolute Gasteiger partial charge is 0.250 e. The van der Waals surface area contributed by atoms with E-state index in [0.29, 0.717) is 64.4 Å². The zero-order valence-corrected chi connectivity index (χ0v) is 25.2. The highest BCUT2D eigenvalue weighted by molar-refractivity contribution is 6.17. The number of carbonyl (C=O) groups is 3. The van der Waals surface area contributed by atoms with Crippen LogP contribution in [0.4, 0.5) is 21.5 Å². The fourth-order valence-electron chi connectivity index (χ4n) is 5.41. The van der Waals surface area contributed by atoms with Crippen LogP contribution in [0.15, 0.2) is 72.9 Å². The predicted octanol–water partition coefficient (Wildman–Crippen LogP) is 4.76. The normalized spacial score (nSPS) is 15.6. The fraction of sp³-hybridized carbons (Fsp3) is 0.294. The number of amides is 3. The van der Waals surface area contributed by atoms with Crippen molar-refractivity contribution in [2.45, 2.75) is 19.3 Å². The number of anilines is 3. The Bertz CT molecular complexity index is 1740. The lowest BCUT2D eigenvalue weighted by Gasteiger charge is -2.26. The molecule has 5 N–H and O–H groups in total. The Labute approximate surface area is 265 Å². The molecule has 1 saturated heterocycles. The molecular formula is C34H35FN6O5. The first-order chi connectivity index (χ1) is 22.3. The molecule has 12 heteroatoms. The molecule has 0 bridgehead atoms. The van der Waals surface area contributed by atoms with Crippen LogP contribution in [0.25, 0.3) is 10.9 Å². The summed E-state index contributed by atoms with van der Waals surface area (Å²) < 4.78 is 24.8. The van der Waals surface area contributed by atoms with Gasteiger partial charge in [0.1, 0.15) is 22.7 Å². The van der Waals surface area contributed by atoms with Crippen molar-refractivity contribution in [3.05, 3.63) is 84.3 Å². The Morgan fingerprint density at radius 3 is 2.22 bits per heavy atom. The Balaban J connectivity index is 1.09. The highest BCUT2D eigenvalue weighted by Crippen LogP contribution is 2.47. The van der Waals surface area contributed by atoms with Crippen molar-refractivity contribution in [2.75, 3.05) is 55.3 Å². The van der Waals surface area contributed by atoms with E-state index in [2.05, 4.69) is 25.8 Å². The second-order valence-corrected chi connectivity index (χ2v) is 11.4. The number of primary amides is 1. The Hall–Kier alpha value is -5.07. The van der Waals surface area contributed by atoms with Crippen LogP contribution in [-0.4, -0.2) is 67.0 Å². The van der Waals surface area contributed by atoms with Crippen molar-refractivity contribution in [3.63, 3.8) is 0 Å². The number of nitrogens with zero attached hydrogens (tertiary/aromatic N) is 2. The molecule has 2 heterocycles. The van der Waals surface area contributed by atoms with Gasteiger partial charge in [-0.3, -0.25) is 24.3 Å². The van der Waals surface area contributed by atoms with Crippen molar-refractivity contribution in [1.29, 1.82) is 0 Å². The Morgan fingerprint density at radius 1 is 0.935 bits per heavy atom. The summed E-state index contributed by atoms with van der Waals surface area (Å²) >= 11 is 0. The number of hydrogen-bond acceptors (Lipinski definition) is 8. The molecule has 3 aromatic carbocycles. The van der Waals surface area contributed by atoms with Crippen molar-refractivity contribution >= 4 is 45.7 Å². The summed E-state index contributed by atoms with van der Waals surface area (Å²) in [6, 6.07) is 17.3. The number of rotatable bonds is 12. The molecule has 1 aliphatic carbocycles. The Morgan fingerprint density at radius 2 is 1.59 bits per heavy atom. The maximum absolute atomic E-state index is 13.2. The summed E-state index contributed by atoms with van der Waals surface area (Å²) in [6.07, 6.45) is 3.36. The third kappa shape index (κ3) is 7.08. The van der Waals surface area contributed by atoms with E-state index in [0.717, 1.165) is 39.3 Å². The van der Waals surface area contributed by atoms with E-state index in [4.69, 9.17) is 15.2 Å². The SMILES string of the molecule is NC(=O)c1cc2c(Oc3ccc(NC(=O)C4(C(=O)Nc5ccc(F)cc5)CC4)cc3)ccnc2cc1NCCCN1CCOCC1. The highest BCUT2D eigenvalue weighted by Gasteiger charge is 2.56. The van der Waals surface area contributed by atoms with Gasteiger partial charge in [0.25, 0.3) is 5.91 Å². The van der Waals surface area contributed by atoms with Gasteiger partial charge < -0.3 is 31.2 Å². The number of morpholine rings is 1. The molecule has 0 radical (unpaired) electrons. The van der Waals surface area contributed by atoms with Gasteiger partial charge in [0.05, 0.1) is 24.3 Å². The van der Waals surface area contributed by atoms with Crippen molar-refractivity contribution in [2.24, 2.45) is 11.1 Å². The minimum Gasteiger partial charge on any atom is -0.457 e. The van der Waals surface area contributed by atoms with Crippen LogP contribution in [0, 0.1) is 11.2 Å². The lowest BCUT2D eigenvalue weighted by atomic mass is 10.0. The van der Waals surface area contributed by atoms with Gasteiger partial charge in [-0.15, -0.1) is 0 Å². The minimum absolute atomic E-state index is 0.340. The summed E-state index contributed by atoms with van der Waals surface area (Å²) in [6.45, 7) is 4.95. The topological polar surface area (TPSA) is 148 Å². The molecule has 2 aliphatic rings. The standard InChI is InChI=1S/C34H35FN6O5/c35-22-2-4-23(5-3-22)39-32(43)34(11-12-34)33(44)40-24-6-8-25(9-7-24)46-30-10-14-38-28-21-29(27(31(36)42)20-26(28)30)37-13-1-15-41-16-18-45-19-17-41/h2-10,14,20-21,37H,1,11-13,15-19H2,(H2,36,42)(H,39,43)(H,40,44). The van der Waals surface area contributed by atoms with Crippen LogP contribution >= 0.6 is 0 Å². The van der Waals surface area contributed by atoms with Crippen LogP contribution < -0.4 is 26.4 Å². The molecule has 1 aliphatic heterocycles. The zero-order chi connectivity index (χ0) is 32.1. The van der Waals surface area contributed by atoms with Crippen LogP contribution in [0.2, 0.25) is 0 Å². The summed E-state index contributed by atoms with van der Waals surface area (Å²) in [5, 5.41) is 9.47. The molecule has 3 amide bonds. The molecule has 0 unspecified atom stereocenters. The number of nitrogens with two attached hydrogens (primary N) is 1. The maximum atomic E-state index is 13.2. The number of ether oxygens (including phenoxy) is 2. The number of hydrogen-bond donors (Lipinski definition) is 4. The molecule has 2 fully saturated rings. The Kier molecular flexibility index (Phi) is 9.08. The van der Waals surface area contributed by atoms with Gasteiger partial charge in [0.2, 0.25) is 11.8 Å². The molecule has 1 aromatic heterocycles. The number of fused-ring (bicyclic) bond motifs is 1. The third-order valence-electron chi connectivity index (χ3n) is 8.24. The van der Waals surface area contributed by atoms with Crippen LogP contribution in [0.1, 0.15) is 29.6 Å². The lowest BCUT2D eigenvalue weighted by Crippen LogP contribution is -2.37. The molecule has 238 valence electrons. The van der Waals surface area contributed by atoms with Crippen molar-refractivity contribution < 1.29 is 28.2 Å². The van der Waals surface area contributed by atoms with Gasteiger partial charge in [-0.1, -0.05) is 0 Å². The molecule has 46 heavy (non-hydrogen) atoms. The molecule has 4 aromatic rings. The first kappa shape index (κ1) is 30.9. The summed E-state index contributed by atoms with van der Waals surface area (Å²) in [5.41, 5.74) is 7.09. The highest BCUT2D eigenvalue weighted by atomic mass is 19.1.